The van der Waals surface area contributed by atoms with Crippen molar-refractivity contribution in [3.63, 3.8) is 0 Å². The Balaban J connectivity index is 1.31. The minimum absolute atomic E-state index is 0.00644. The van der Waals surface area contributed by atoms with E-state index in [4.69, 9.17) is 32.9 Å². The van der Waals surface area contributed by atoms with Gasteiger partial charge in [0.05, 0.1) is 37.6 Å². The van der Waals surface area contributed by atoms with Gasteiger partial charge < -0.3 is 48.3 Å². The molecule has 0 amide bonds. The fourth-order valence-electron chi connectivity index (χ4n) is 10.1. The zero-order chi connectivity index (χ0) is 41.7. The van der Waals surface area contributed by atoms with Crippen molar-refractivity contribution < 1.29 is 57.4 Å². The predicted molar refractivity (Wildman–Crippen MR) is 217 cm³/mol. The molecule has 5 N–H and O–H groups in total. The summed E-state index contributed by atoms with van der Waals surface area (Å²) in [7, 11) is 2.11. The number of aryl methyl sites for hydroxylation is 1. The Kier molecular flexibility index (Phi) is 10.2. The number of nitrogens with zero attached hydrogens (tertiary/aromatic N) is 2. The molecule has 1 spiro atoms. The highest BCUT2D eigenvalue weighted by Gasteiger charge is 2.59. The first kappa shape index (κ1) is 40.1. The summed E-state index contributed by atoms with van der Waals surface area (Å²) in [6, 6.07) is 6.06. The van der Waals surface area contributed by atoms with E-state index in [0.717, 1.165) is 27.6 Å². The van der Waals surface area contributed by atoms with E-state index in [2.05, 4.69) is 15.2 Å². The SMILES string of the molecule is COc1ccc2[nH]c3c(c2c1)CCN[C@]31CSCC2[C@H]3c4c(cc(C)c(OC)c4O)C[C@@H](C(OP(O)O)N2C(c2c(C)c(OC(C)=O)c(C)c4c2OCO4)OC1=O)N3C. The number of phenolic OH excluding ortho intramolecular Hbond substituents is 1. The van der Waals surface area contributed by atoms with Gasteiger partial charge in [-0.1, -0.05) is 6.07 Å². The van der Waals surface area contributed by atoms with Crippen LogP contribution < -0.4 is 29.0 Å². The number of piperazine rings is 1. The lowest BCUT2D eigenvalue weighted by atomic mass is 9.79. The summed E-state index contributed by atoms with van der Waals surface area (Å²) in [5, 5.41) is 16.5. The number of esters is 2. The highest BCUT2D eigenvalue weighted by atomic mass is 32.2. The normalized spacial score (nSPS) is 26.4. The molecular weight excluding hydrogens is 804 g/mol. The molecule has 2 bridgehead atoms. The molecular formula is C41H47N4O12PS. The number of H-pyrrole nitrogens is 1. The second kappa shape index (κ2) is 15.0. The Bertz CT molecular complexity index is 2390. The Hall–Kier alpha value is -4.32. The third-order valence-electron chi connectivity index (χ3n) is 12.6. The molecule has 314 valence electrons. The number of aromatic nitrogens is 1. The van der Waals surface area contributed by atoms with E-state index in [9.17, 15) is 19.7 Å². The lowest BCUT2D eigenvalue weighted by Crippen LogP contribution is -2.68. The molecule has 59 heavy (non-hydrogen) atoms. The van der Waals surface area contributed by atoms with Crippen LogP contribution in [0.5, 0.6) is 34.5 Å². The van der Waals surface area contributed by atoms with Crippen molar-refractivity contribution in [1.29, 1.82) is 0 Å². The number of carbonyl (C=O) groups excluding carboxylic acids is 2. The van der Waals surface area contributed by atoms with Crippen molar-refractivity contribution in [1.82, 2.24) is 20.1 Å². The number of aromatic amines is 1. The van der Waals surface area contributed by atoms with E-state index >= 15 is 4.79 Å². The molecule has 6 atom stereocenters. The minimum Gasteiger partial charge on any atom is -0.504 e. The van der Waals surface area contributed by atoms with Gasteiger partial charge in [-0.15, -0.1) is 0 Å². The molecule has 16 nitrogen and oxygen atoms in total. The maximum Gasteiger partial charge on any atom is 0.335 e. The van der Waals surface area contributed by atoms with Gasteiger partial charge in [-0.25, -0.2) is 9.69 Å². The van der Waals surface area contributed by atoms with Crippen LogP contribution in [0.25, 0.3) is 10.9 Å². The van der Waals surface area contributed by atoms with E-state index in [1.54, 1.807) is 21.0 Å². The summed E-state index contributed by atoms with van der Waals surface area (Å²) in [6.45, 7) is 7.02. The average molecular weight is 851 g/mol. The summed E-state index contributed by atoms with van der Waals surface area (Å²) in [6.07, 6.45) is -1.46. The molecule has 0 saturated carbocycles. The number of rotatable bonds is 6. The second-order valence-electron chi connectivity index (χ2n) is 15.7. The first-order valence-electron chi connectivity index (χ1n) is 19.4. The van der Waals surface area contributed by atoms with Gasteiger partial charge in [-0.05, 0) is 75.5 Å². The van der Waals surface area contributed by atoms with Gasteiger partial charge in [-0.2, -0.15) is 11.8 Å². The second-order valence-corrected chi connectivity index (χ2v) is 17.4. The van der Waals surface area contributed by atoms with Crippen LogP contribution in [0.15, 0.2) is 24.3 Å². The lowest BCUT2D eigenvalue weighted by Gasteiger charge is -2.58. The maximum absolute atomic E-state index is 15.5. The zero-order valence-corrected chi connectivity index (χ0v) is 35.4. The molecule has 9 rings (SSSR count). The number of thioether (sulfide) groups is 1. The van der Waals surface area contributed by atoms with Crippen molar-refractivity contribution in [2.24, 2.45) is 0 Å². The molecule has 3 aromatic carbocycles. The number of hydrogen-bond donors (Lipinski definition) is 5. The van der Waals surface area contributed by atoms with E-state index in [-0.39, 0.29) is 24.0 Å². The van der Waals surface area contributed by atoms with Crippen LogP contribution in [0, 0.1) is 20.8 Å². The first-order valence-corrected chi connectivity index (χ1v) is 21.7. The van der Waals surface area contributed by atoms with E-state index in [1.165, 1.54) is 25.8 Å². The fourth-order valence-corrected chi connectivity index (χ4v) is 11.9. The largest absolute Gasteiger partial charge is 0.504 e. The first-order chi connectivity index (χ1) is 28.3. The number of cyclic esters (lactones) is 1. The van der Waals surface area contributed by atoms with Crippen LogP contribution in [0.4, 0.5) is 0 Å². The number of aromatic hydroxyl groups is 1. The summed E-state index contributed by atoms with van der Waals surface area (Å²) in [5.74, 6) is 1.32. The number of likely N-dealkylation sites (N-methyl/N-ethyl adjacent to an activating group) is 1. The number of methoxy groups -OCH3 is 2. The third kappa shape index (κ3) is 6.15. The van der Waals surface area contributed by atoms with Crippen molar-refractivity contribution in [2.75, 3.05) is 46.1 Å². The maximum atomic E-state index is 15.5. The molecule has 6 heterocycles. The lowest BCUT2D eigenvalue weighted by molar-refractivity contribution is -0.215. The highest BCUT2D eigenvalue weighted by molar-refractivity contribution is 7.99. The van der Waals surface area contributed by atoms with Gasteiger partial charge in [0.15, 0.2) is 34.8 Å². The topological polar surface area (TPSA) is 194 Å². The van der Waals surface area contributed by atoms with Gasteiger partial charge in [0.1, 0.15) is 17.7 Å². The summed E-state index contributed by atoms with van der Waals surface area (Å²) in [5.41, 5.74) is 4.70. The Morgan fingerprint density at radius 3 is 2.54 bits per heavy atom. The molecule has 2 saturated heterocycles. The summed E-state index contributed by atoms with van der Waals surface area (Å²) < 4.78 is 42.5. The smallest absolute Gasteiger partial charge is 0.335 e. The number of phenols is 1. The van der Waals surface area contributed by atoms with Gasteiger partial charge >= 0.3 is 20.5 Å². The van der Waals surface area contributed by atoms with Crippen molar-refractivity contribution in [2.45, 2.75) is 76.7 Å². The summed E-state index contributed by atoms with van der Waals surface area (Å²) >= 11 is 1.53. The summed E-state index contributed by atoms with van der Waals surface area (Å²) in [4.78, 5) is 57.0. The van der Waals surface area contributed by atoms with E-state index in [0.29, 0.717) is 76.1 Å². The van der Waals surface area contributed by atoms with Crippen LogP contribution in [-0.4, -0.2) is 106 Å². The van der Waals surface area contributed by atoms with Crippen molar-refractivity contribution in [3.8, 4) is 34.5 Å². The zero-order valence-electron chi connectivity index (χ0n) is 33.7. The van der Waals surface area contributed by atoms with Gasteiger partial charge in [0.2, 0.25) is 6.79 Å². The molecule has 0 radical (unpaired) electrons. The van der Waals surface area contributed by atoms with Crippen LogP contribution in [0.1, 0.15) is 63.8 Å². The van der Waals surface area contributed by atoms with Gasteiger partial charge in [-0.3, -0.25) is 19.5 Å². The Morgan fingerprint density at radius 1 is 1.03 bits per heavy atom. The van der Waals surface area contributed by atoms with Crippen molar-refractivity contribution in [3.05, 3.63) is 68.9 Å². The number of hydrogen-bond acceptors (Lipinski definition) is 16. The number of carbonyl (C=O) groups is 2. The van der Waals surface area contributed by atoms with E-state index < -0.39 is 56.7 Å². The third-order valence-corrected chi connectivity index (χ3v) is 14.2. The number of fused-ring (bicyclic) bond motifs is 11. The van der Waals surface area contributed by atoms with Crippen LogP contribution in [0.2, 0.25) is 0 Å². The number of ether oxygens (including phenoxy) is 6. The Labute approximate surface area is 346 Å². The average Bonchev–Trinajstić information content (AvgIpc) is 3.84. The highest BCUT2D eigenvalue weighted by Crippen LogP contribution is 2.57. The molecule has 5 aliphatic heterocycles. The standard InChI is InChI=1S/C41H47N4O12PS/c1-18-12-22-13-27-38(57-58(49)50)45-28(31(44(27)5)30(22)32(47)33(18)52-7)15-59-16-41(37-24(10-11-42-41)25-14-23(51-6)8-9-26(25)43-37)40(48)56-39(45)29-19(2)34(55-21(4)46)20(3)35-36(29)54-17-53-35/h8-9,12,14,27-28,31,38-39,42-43,47,49-50H,10-11,13,15-17H2,1-7H3/t27-,28?,31-,38?,39?,41+/m0/s1. The Morgan fingerprint density at radius 2 is 1.81 bits per heavy atom. The molecule has 4 aromatic rings. The number of benzene rings is 3. The van der Waals surface area contributed by atoms with Crippen LogP contribution in [-0.2, 0) is 37.2 Å². The van der Waals surface area contributed by atoms with Crippen molar-refractivity contribution >= 4 is 43.2 Å². The van der Waals surface area contributed by atoms with Crippen LogP contribution >= 0.6 is 20.4 Å². The van der Waals surface area contributed by atoms with E-state index in [1.807, 2.05) is 43.1 Å². The molecule has 0 aliphatic carbocycles. The number of nitrogens with one attached hydrogen (secondary N) is 2. The minimum atomic E-state index is -2.95. The monoisotopic (exact) mass is 850 g/mol. The fraction of sp³-hybridized carbons (Fsp3) is 0.463. The molecule has 1 aromatic heterocycles. The predicted octanol–water partition coefficient (Wildman–Crippen LogP) is 4.64. The molecule has 5 aliphatic rings. The van der Waals surface area contributed by atoms with Gasteiger partial charge in [0.25, 0.3) is 0 Å². The van der Waals surface area contributed by atoms with Gasteiger partial charge in [0, 0.05) is 58.6 Å². The molecule has 2 fully saturated rings. The molecule has 3 unspecified atom stereocenters. The molecule has 18 heteroatoms. The van der Waals surface area contributed by atoms with Crippen LogP contribution in [0.3, 0.4) is 0 Å². The quantitative estimate of drug-likeness (QED) is 0.102.